The molecule has 130 valence electrons. The lowest BCUT2D eigenvalue weighted by Gasteiger charge is -2.29. The predicted molar refractivity (Wildman–Crippen MR) is 79.8 cm³/mol. The van der Waals surface area contributed by atoms with Crippen LogP contribution in [0.1, 0.15) is 32.8 Å². The van der Waals surface area contributed by atoms with Crippen LogP contribution in [0, 0.1) is 0 Å². The minimum atomic E-state index is -4.49. The molecule has 23 heavy (non-hydrogen) atoms. The summed E-state index contributed by atoms with van der Waals surface area (Å²) in [5, 5.41) is 9.61. The van der Waals surface area contributed by atoms with Crippen molar-refractivity contribution >= 4 is 6.09 Å². The first-order valence-corrected chi connectivity index (χ1v) is 7.23. The molecule has 0 aliphatic rings. The molecule has 1 unspecified atom stereocenters. The van der Waals surface area contributed by atoms with Gasteiger partial charge in [0, 0.05) is 6.54 Å². The van der Waals surface area contributed by atoms with Gasteiger partial charge < -0.3 is 14.7 Å². The summed E-state index contributed by atoms with van der Waals surface area (Å²) in [5.74, 6) is 0. The van der Waals surface area contributed by atoms with Crippen LogP contribution in [-0.4, -0.2) is 40.5 Å². The van der Waals surface area contributed by atoms with E-state index in [1.54, 1.807) is 51.1 Å². The van der Waals surface area contributed by atoms with Crippen molar-refractivity contribution in [3.63, 3.8) is 0 Å². The SMILES string of the molecule is CC(C)(C)OC(=O)N(Cc1ccccc1)CC(O)CC(F)(F)F. The molecule has 0 fully saturated rings. The Labute approximate surface area is 133 Å². The van der Waals surface area contributed by atoms with Crippen LogP contribution in [0.5, 0.6) is 0 Å². The first kappa shape index (κ1) is 19.3. The number of nitrogens with zero attached hydrogens (tertiary/aromatic N) is 1. The van der Waals surface area contributed by atoms with Gasteiger partial charge in [-0.3, -0.25) is 0 Å². The lowest BCUT2D eigenvalue weighted by atomic mass is 10.2. The molecule has 1 amide bonds. The van der Waals surface area contributed by atoms with Crippen molar-refractivity contribution in [2.45, 2.75) is 51.6 Å². The van der Waals surface area contributed by atoms with Gasteiger partial charge in [0.1, 0.15) is 5.60 Å². The average molecular weight is 333 g/mol. The fourth-order valence-electron chi connectivity index (χ4n) is 1.92. The molecule has 0 bridgehead atoms. The van der Waals surface area contributed by atoms with Crippen LogP contribution < -0.4 is 0 Å². The average Bonchev–Trinajstić information content (AvgIpc) is 2.34. The molecule has 1 N–H and O–H groups in total. The van der Waals surface area contributed by atoms with Crippen LogP contribution >= 0.6 is 0 Å². The van der Waals surface area contributed by atoms with Crippen molar-refractivity contribution in [1.29, 1.82) is 0 Å². The number of aliphatic hydroxyl groups is 1. The van der Waals surface area contributed by atoms with Crippen molar-refractivity contribution in [2.24, 2.45) is 0 Å². The van der Waals surface area contributed by atoms with Gasteiger partial charge in [0.2, 0.25) is 0 Å². The summed E-state index contributed by atoms with van der Waals surface area (Å²) in [6.07, 6.45) is -8.33. The van der Waals surface area contributed by atoms with E-state index in [1.807, 2.05) is 0 Å². The second-order valence-electron chi connectivity index (χ2n) is 6.32. The van der Waals surface area contributed by atoms with E-state index in [0.717, 1.165) is 10.5 Å². The third-order valence-electron chi connectivity index (χ3n) is 2.77. The highest BCUT2D eigenvalue weighted by atomic mass is 19.4. The highest BCUT2D eigenvalue weighted by Gasteiger charge is 2.33. The fraction of sp³-hybridized carbons (Fsp3) is 0.562. The smallest absolute Gasteiger partial charge is 0.410 e. The molecular formula is C16H22F3NO3. The van der Waals surface area contributed by atoms with Gasteiger partial charge in [0.25, 0.3) is 0 Å². The first-order valence-electron chi connectivity index (χ1n) is 7.23. The summed E-state index contributed by atoms with van der Waals surface area (Å²) >= 11 is 0. The van der Waals surface area contributed by atoms with Crippen molar-refractivity contribution in [2.75, 3.05) is 6.54 Å². The molecular weight excluding hydrogens is 311 g/mol. The van der Waals surface area contributed by atoms with Crippen LogP contribution in [0.3, 0.4) is 0 Å². The molecule has 1 aromatic rings. The maximum absolute atomic E-state index is 12.4. The molecule has 0 aliphatic heterocycles. The molecule has 1 aromatic carbocycles. The maximum atomic E-state index is 12.4. The van der Waals surface area contributed by atoms with Gasteiger partial charge in [0.15, 0.2) is 0 Å². The highest BCUT2D eigenvalue weighted by molar-refractivity contribution is 5.68. The number of alkyl halides is 3. The van der Waals surface area contributed by atoms with E-state index in [0.29, 0.717) is 0 Å². The Kier molecular flexibility index (Phi) is 6.44. The van der Waals surface area contributed by atoms with Gasteiger partial charge in [-0.2, -0.15) is 13.2 Å². The lowest BCUT2D eigenvalue weighted by Crippen LogP contribution is -2.41. The summed E-state index contributed by atoms with van der Waals surface area (Å²) in [6, 6.07) is 8.80. The first-order chi connectivity index (χ1) is 10.5. The predicted octanol–water partition coefficient (Wildman–Crippen LogP) is 3.74. The van der Waals surface area contributed by atoms with Crippen LogP contribution in [0.2, 0.25) is 0 Å². The fourth-order valence-corrected chi connectivity index (χ4v) is 1.92. The molecule has 0 saturated carbocycles. The van der Waals surface area contributed by atoms with Crippen LogP contribution in [0.4, 0.5) is 18.0 Å². The van der Waals surface area contributed by atoms with Gasteiger partial charge >= 0.3 is 12.3 Å². The minimum Gasteiger partial charge on any atom is -0.444 e. The molecule has 0 spiro atoms. The van der Waals surface area contributed by atoms with Gasteiger partial charge in [-0.05, 0) is 26.3 Å². The molecule has 4 nitrogen and oxygen atoms in total. The van der Waals surface area contributed by atoms with E-state index in [9.17, 15) is 23.1 Å². The molecule has 7 heteroatoms. The topological polar surface area (TPSA) is 49.8 Å². The molecule has 0 aliphatic carbocycles. The molecule has 0 saturated heterocycles. The number of rotatable bonds is 5. The summed E-state index contributed by atoms with van der Waals surface area (Å²) in [4.78, 5) is 13.3. The Morgan fingerprint density at radius 1 is 1.22 bits per heavy atom. The Morgan fingerprint density at radius 2 is 1.78 bits per heavy atom. The van der Waals surface area contributed by atoms with E-state index in [2.05, 4.69) is 0 Å². The number of halogens is 3. The van der Waals surface area contributed by atoms with Gasteiger partial charge in [-0.15, -0.1) is 0 Å². The summed E-state index contributed by atoms with van der Waals surface area (Å²) in [5.41, 5.74) is -0.0429. The number of carbonyl (C=O) groups excluding carboxylic acids is 1. The monoisotopic (exact) mass is 333 g/mol. The Balaban J connectivity index is 2.81. The number of amides is 1. The minimum absolute atomic E-state index is 0.0602. The van der Waals surface area contributed by atoms with Crippen molar-refractivity contribution in [3.8, 4) is 0 Å². The standard InChI is InChI=1S/C16H22F3NO3/c1-15(2,3)23-14(22)20(10-12-7-5-4-6-8-12)11-13(21)9-16(17,18)19/h4-8,13,21H,9-11H2,1-3H3. The summed E-state index contributed by atoms with van der Waals surface area (Å²) < 4.78 is 42.3. The Bertz CT molecular complexity index is 498. The number of carbonyl (C=O) groups is 1. The molecule has 1 rings (SSSR count). The number of hydrogen-bond donors (Lipinski definition) is 1. The highest BCUT2D eigenvalue weighted by Crippen LogP contribution is 2.22. The molecule has 0 aromatic heterocycles. The van der Waals surface area contributed by atoms with Gasteiger partial charge in [-0.25, -0.2) is 4.79 Å². The van der Waals surface area contributed by atoms with Crippen LogP contribution in [0.15, 0.2) is 30.3 Å². The zero-order valence-electron chi connectivity index (χ0n) is 13.4. The van der Waals surface area contributed by atoms with Crippen LogP contribution in [0.25, 0.3) is 0 Å². The number of hydrogen-bond acceptors (Lipinski definition) is 3. The second-order valence-corrected chi connectivity index (χ2v) is 6.32. The van der Waals surface area contributed by atoms with Crippen molar-refractivity contribution < 1.29 is 27.8 Å². The van der Waals surface area contributed by atoms with Crippen molar-refractivity contribution in [1.82, 2.24) is 4.90 Å². The maximum Gasteiger partial charge on any atom is 0.410 e. The molecule has 0 radical (unpaired) electrons. The number of ether oxygens (including phenoxy) is 1. The van der Waals surface area contributed by atoms with E-state index >= 15 is 0 Å². The largest absolute Gasteiger partial charge is 0.444 e. The third-order valence-corrected chi connectivity index (χ3v) is 2.77. The number of aliphatic hydroxyl groups excluding tert-OH is 1. The summed E-state index contributed by atoms with van der Waals surface area (Å²) in [7, 11) is 0. The summed E-state index contributed by atoms with van der Waals surface area (Å²) in [6.45, 7) is 4.60. The van der Waals surface area contributed by atoms with Crippen LogP contribution in [-0.2, 0) is 11.3 Å². The lowest BCUT2D eigenvalue weighted by molar-refractivity contribution is -0.155. The second kappa shape index (κ2) is 7.68. The van der Waals surface area contributed by atoms with E-state index in [1.165, 1.54) is 0 Å². The Hall–Kier alpha value is -1.76. The Morgan fingerprint density at radius 3 is 2.26 bits per heavy atom. The molecule has 0 heterocycles. The molecule has 1 atom stereocenters. The quantitative estimate of drug-likeness (QED) is 0.893. The van der Waals surface area contributed by atoms with Gasteiger partial charge in [0.05, 0.1) is 19.1 Å². The third kappa shape index (κ3) is 8.44. The van der Waals surface area contributed by atoms with E-state index < -0.39 is 36.9 Å². The van der Waals surface area contributed by atoms with E-state index in [-0.39, 0.29) is 6.54 Å². The number of benzene rings is 1. The van der Waals surface area contributed by atoms with E-state index in [4.69, 9.17) is 4.74 Å². The van der Waals surface area contributed by atoms with Crippen molar-refractivity contribution in [3.05, 3.63) is 35.9 Å². The zero-order chi connectivity index (χ0) is 17.7. The zero-order valence-corrected chi connectivity index (χ0v) is 13.4. The van der Waals surface area contributed by atoms with Gasteiger partial charge in [-0.1, -0.05) is 30.3 Å². The normalized spacial score (nSPS) is 13.5.